The maximum atomic E-state index is 4.61. The number of nitrogens with zero attached hydrogens (tertiary/aromatic N) is 2. The molecule has 0 bridgehead atoms. The van der Waals surface area contributed by atoms with Gasteiger partial charge in [0.15, 0.2) is 0 Å². The highest BCUT2D eigenvalue weighted by molar-refractivity contribution is 6.06. The summed E-state index contributed by atoms with van der Waals surface area (Å²) in [4.78, 5) is 8.62. The van der Waals surface area contributed by atoms with Crippen LogP contribution in [0.25, 0.3) is 0 Å². The van der Waals surface area contributed by atoms with Crippen molar-refractivity contribution in [2.75, 3.05) is 0 Å². The first-order valence-electron chi connectivity index (χ1n) is 4.99. The van der Waals surface area contributed by atoms with Gasteiger partial charge in [-0.15, -0.1) is 0 Å². The number of aromatic nitrogens is 1. The summed E-state index contributed by atoms with van der Waals surface area (Å²) in [6.07, 6.45) is 4.54. The van der Waals surface area contributed by atoms with Crippen LogP contribution >= 0.6 is 0 Å². The first kappa shape index (κ1) is 8.36. The highest BCUT2D eigenvalue weighted by Gasteiger charge is 2.14. The maximum absolute atomic E-state index is 4.61. The summed E-state index contributed by atoms with van der Waals surface area (Å²) >= 11 is 0. The van der Waals surface area contributed by atoms with Gasteiger partial charge in [-0.1, -0.05) is 18.2 Å². The molecule has 0 radical (unpaired) electrons. The standard InChI is InChI=1S/C13H10N2/c1-2-4-12-11(3-1)9-13(15-12)10-5-7-14-8-6-10/h1-8H,9H2. The van der Waals surface area contributed by atoms with E-state index >= 15 is 0 Å². The van der Waals surface area contributed by atoms with E-state index in [1.807, 2.05) is 18.2 Å². The minimum absolute atomic E-state index is 0.931. The van der Waals surface area contributed by atoms with Gasteiger partial charge < -0.3 is 0 Å². The average molecular weight is 194 g/mol. The maximum Gasteiger partial charge on any atom is 0.0669 e. The van der Waals surface area contributed by atoms with Gasteiger partial charge in [0.25, 0.3) is 0 Å². The Morgan fingerprint density at radius 1 is 0.933 bits per heavy atom. The second-order valence-corrected chi connectivity index (χ2v) is 3.60. The van der Waals surface area contributed by atoms with Gasteiger partial charge in [-0.3, -0.25) is 9.98 Å². The van der Waals surface area contributed by atoms with E-state index in [4.69, 9.17) is 0 Å². The fraction of sp³-hybridized carbons (Fsp3) is 0.0769. The average Bonchev–Trinajstić information content (AvgIpc) is 2.74. The van der Waals surface area contributed by atoms with E-state index in [9.17, 15) is 0 Å². The molecule has 2 heterocycles. The predicted octanol–water partition coefficient (Wildman–Crippen LogP) is 2.76. The van der Waals surface area contributed by atoms with Crippen LogP contribution in [0.3, 0.4) is 0 Å². The lowest BCUT2D eigenvalue weighted by Crippen LogP contribution is -1.99. The van der Waals surface area contributed by atoms with Crippen LogP contribution in [-0.4, -0.2) is 10.7 Å². The summed E-state index contributed by atoms with van der Waals surface area (Å²) in [5.41, 5.74) is 4.72. The molecule has 0 atom stereocenters. The Hall–Kier alpha value is -1.96. The minimum Gasteiger partial charge on any atom is -0.265 e. The normalized spacial score (nSPS) is 13.5. The molecule has 0 unspecified atom stereocenters. The van der Waals surface area contributed by atoms with Crippen molar-refractivity contribution in [2.45, 2.75) is 6.42 Å². The minimum atomic E-state index is 0.931. The molecule has 0 fully saturated rings. The zero-order valence-electron chi connectivity index (χ0n) is 8.22. The monoisotopic (exact) mass is 194 g/mol. The van der Waals surface area contributed by atoms with E-state index in [0.717, 1.165) is 17.8 Å². The summed E-state index contributed by atoms with van der Waals surface area (Å²) in [7, 11) is 0. The third-order valence-electron chi connectivity index (χ3n) is 2.62. The first-order chi connectivity index (χ1) is 7.43. The van der Waals surface area contributed by atoms with E-state index in [0.29, 0.717) is 0 Å². The van der Waals surface area contributed by atoms with Crippen LogP contribution in [0.15, 0.2) is 53.8 Å². The van der Waals surface area contributed by atoms with E-state index in [1.54, 1.807) is 12.4 Å². The molecule has 2 nitrogen and oxygen atoms in total. The van der Waals surface area contributed by atoms with Crippen LogP contribution in [0.2, 0.25) is 0 Å². The summed E-state index contributed by atoms with van der Waals surface area (Å²) in [5.74, 6) is 0. The Morgan fingerprint density at radius 2 is 1.73 bits per heavy atom. The number of aliphatic imine (C=N–C) groups is 1. The number of para-hydroxylation sites is 1. The molecule has 72 valence electrons. The van der Waals surface area contributed by atoms with Crippen LogP contribution in [0, 0.1) is 0 Å². The van der Waals surface area contributed by atoms with Crippen LogP contribution in [-0.2, 0) is 6.42 Å². The zero-order valence-corrected chi connectivity index (χ0v) is 8.22. The largest absolute Gasteiger partial charge is 0.265 e. The Bertz CT molecular complexity index is 515. The summed E-state index contributed by atoms with van der Waals surface area (Å²) in [5, 5.41) is 0. The first-order valence-corrected chi connectivity index (χ1v) is 4.99. The van der Waals surface area contributed by atoms with Gasteiger partial charge in [0.2, 0.25) is 0 Å². The molecule has 2 heteroatoms. The lowest BCUT2D eigenvalue weighted by Gasteiger charge is -1.97. The number of rotatable bonds is 1. The van der Waals surface area contributed by atoms with Gasteiger partial charge in [0.1, 0.15) is 0 Å². The molecule has 15 heavy (non-hydrogen) atoms. The van der Waals surface area contributed by atoms with Gasteiger partial charge in [-0.2, -0.15) is 0 Å². The van der Waals surface area contributed by atoms with Gasteiger partial charge in [0, 0.05) is 18.8 Å². The van der Waals surface area contributed by atoms with Crippen molar-refractivity contribution in [3.05, 3.63) is 59.9 Å². The van der Waals surface area contributed by atoms with E-state index < -0.39 is 0 Å². The molecule has 2 aromatic rings. The summed E-state index contributed by atoms with van der Waals surface area (Å²) in [6, 6.07) is 12.3. The number of hydrogen-bond acceptors (Lipinski definition) is 2. The third-order valence-corrected chi connectivity index (χ3v) is 2.62. The van der Waals surface area contributed by atoms with E-state index in [-0.39, 0.29) is 0 Å². The van der Waals surface area contributed by atoms with Gasteiger partial charge in [-0.25, -0.2) is 0 Å². The second kappa shape index (κ2) is 3.31. The number of pyridine rings is 1. The van der Waals surface area contributed by atoms with Crippen molar-refractivity contribution >= 4 is 11.4 Å². The fourth-order valence-electron chi connectivity index (χ4n) is 1.85. The van der Waals surface area contributed by atoms with E-state index in [2.05, 4.69) is 28.2 Å². The van der Waals surface area contributed by atoms with Crippen LogP contribution in [0.4, 0.5) is 5.69 Å². The fourth-order valence-corrected chi connectivity index (χ4v) is 1.85. The van der Waals surface area contributed by atoms with Crippen molar-refractivity contribution < 1.29 is 0 Å². The van der Waals surface area contributed by atoms with E-state index in [1.165, 1.54) is 11.1 Å². The SMILES string of the molecule is c1ccc2c(c1)CC(c1ccncc1)=N2. The van der Waals surface area contributed by atoms with Gasteiger partial charge in [-0.05, 0) is 29.3 Å². The van der Waals surface area contributed by atoms with Crippen molar-refractivity contribution in [1.29, 1.82) is 0 Å². The Balaban J connectivity index is 2.02. The summed E-state index contributed by atoms with van der Waals surface area (Å²) in [6.45, 7) is 0. The van der Waals surface area contributed by atoms with Crippen molar-refractivity contribution in [1.82, 2.24) is 4.98 Å². The van der Waals surface area contributed by atoms with Crippen LogP contribution in [0.5, 0.6) is 0 Å². The summed E-state index contributed by atoms with van der Waals surface area (Å²) < 4.78 is 0. The number of fused-ring (bicyclic) bond motifs is 1. The quantitative estimate of drug-likeness (QED) is 0.685. The zero-order chi connectivity index (χ0) is 10.1. The molecular weight excluding hydrogens is 184 g/mol. The molecule has 0 N–H and O–H groups in total. The molecule has 1 aromatic heterocycles. The molecular formula is C13H10N2. The Morgan fingerprint density at radius 3 is 2.53 bits per heavy atom. The molecule has 0 saturated heterocycles. The Kier molecular flexibility index (Phi) is 1.85. The third kappa shape index (κ3) is 1.44. The molecule has 0 spiro atoms. The highest BCUT2D eigenvalue weighted by atomic mass is 14.8. The molecule has 0 saturated carbocycles. The molecule has 3 rings (SSSR count). The molecule has 0 amide bonds. The van der Waals surface area contributed by atoms with Gasteiger partial charge >= 0.3 is 0 Å². The topological polar surface area (TPSA) is 25.2 Å². The van der Waals surface area contributed by atoms with Crippen molar-refractivity contribution in [2.24, 2.45) is 4.99 Å². The van der Waals surface area contributed by atoms with Gasteiger partial charge in [0.05, 0.1) is 11.4 Å². The number of benzene rings is 1. The highest BCUT2D eigenvalue weighted by Crippen LogP contribution is 2.27. The smallest absolute Gasteiger partial charge is 0.0669 e. The molecule has 1 aromatic carbocycles. The molecule has 0 aliphatic carbocycles. The predicted molar refractivity (Wildman–Crippen MR) is 60.6 cm³/mol. The van der Waals surface area contributed by atoms with Crippen molar-refractivity contribution in [3.8, 4) is 0 Å². The molecule has 1 aliphatic heterocycles. The Labute approximate surface area is 88.3 Å². The lowest BCUT2D eigenvalue weighted by molar-refractivity contribution is 1.31. The second-order valence-electron chi connectivity index (χ2n) is 3.60. The molecule has 1 aliphatic rings. The lowest BCUT2D eigenvalue weighted by atomic mass is 10.1. The van der Waals surface area contributed by atoms with Crippen LogP contribution in [0.1, 0.15) is 11.1 Å². The van der Waals surface area contributed by atoms with Crippen molar-refractivity contribution in [3.63, 3.8) is 0 Å². The van der Waals surface area contributed by atoms with Crippen LogP contribution < -0.4 is 0 Å². The number of hydrogen-bond donors (Lipinski definition) is 0.